The molecule has 3 N–H and O–H groups in total. The third-order valence-corrected chi connectivity index (χ3v) is 17.6. The number of aliphatic hydroxyl groups excluding tert-OH is 1. The molecule has 0 fully saturated rings. The van der Waals surface area contributed by atoms with Gasteiger partial charge in [-0.1, -0.05) is 292 Å². The Labute approximate surface area is 530 Å². The molecule has 0 saturated carbocycles. The second-order valence-corrected chi connectivity index (χ2v) is 28.4. The summed E-state index contributed by atoms with van der Waals surface area (Å²) in [7, 11) is -9.89. The number of phosphoric acid groups is 2. The Bertz CT molecular complexity index is 1700. The van der Waals surface area contributed by atoms with Gasteiger partial charge in [0, 0.05) is 25.7 Å². The lowest BCUT2D eigenvalue weighted by atomic mass is 10.0. The summed E-state index contributed by atoms with van der Waals surface area (Å²) in [6, 6.07) is 0. The Kier molecular flexibility index (Phi) is 59.0. The average Bonchev–Trinajstić information content (AvgIpc) is 3.68. The van der Waals surface area contributed by atoms with Crippen LogP contribution in [0.2, 0.25) is 0 Å². The molecule has 0 aliphatic rings. The van der Waals surface area contributed by atoms with Crippen LogP contribution in [0.15, 0.2) is 0 Å². The zero-order valence-electron chi connectivity index (χ0n) is 56.3. The minimum absolute atomic E-state index is 0.103. The predicted molar refractivity (Wildman–Crippen MR) is 349 cm³/mol. The molecule has 0 aromatic carbocycles. The molecule has 0 aliphatic heterocycles. The summed E-state index contributed by atoms with van der Waals surface area (Å²) in [6.45, 7) is 9.47. The van der Waals surface area contributed by atoms with Crippen LogP contribution >= 0.6 is 15.6 Å². The SMILES string of the molecule is CCCCCCCCCCCCCCC(=O)OC[C@H](COP(=O)(O)OC[C@@H](O)COP(=O)(O)OC[C@@H](COC(=O)CCCCCCCCCCC)OC(=O)CCCCCCCCCC(C)C)OC(=O)CCCCCCCCCCCCCCCC(C)C. The summed E-state index contributed by atoms with van der Waals surface area (Å²) in [5, 5.41) is 10.6. The molecule has 0 aromatic heterocycles. The van der Waals surface area contributed by atoms with Crippen LogP contribution in [0.4, 0.5) is 0 Å². The minimum Gasteiger partial charge on any atom is -0.462 e. The van der Waals surface area contributed by atoms with Crippen LogP contribution in [-0.2, 0) is 65.4 Å². The Balaban J connectivity index is 5.23. The van der Waals surface area contributed by atoms with E-state index in [0.717, 1.165) is 95.8 Å². The van der Waals surface area contributed by atoms with E-state index in [0.29, 0.717) is 31.6 Å². The van der Waals surface area contributed by atoms with Crippen LogP contribution < -0.4 is 0 Å². The van der Waals surface area contributed by atoms with Crippen LogP contribution in [0.3, 0.4) is 0 Å². The van der Waals surface area contributed by atoms with Gasteiger partial charge < -0.3 is 33.8 Å². The number of carbonyl (C=O) groups excluding carboxylic acids is 4. The first-order valence-corrected chi connectivity index (χ1v) is 38.5. The summed E-state index contributed by atoms with van der Waals surface area (Å²) in [5.41, 5.74) is 0. The Morgan fingerprint density at radius 3 is 0.782 bits per heavy atom. The highest BCUT2D eigenvalue weighted by atomic mass is 31.2. The molecule has 0 aliphatic carbocycles. The topological polar surface area (TPSA) is 237 Å². The van der Waals surface area contributed by atoms with E-state index in [1.807, 2.05) is 0 Å². The van der Waals surface area contributed by atoms with Crippen molar-refractivity contribution < 1.29 is 80.2 Å². The van der Waals surface area contributed by atoms with Gasteiger partial charge in [-0.3, -0.25) is 37.3 Å². The quantitative estimate of drug-likeness (QED) is 0.0222. The van der Waals surface area contributed by atoms with Gasteiger partial charge in [0.1, 0.15) is 19.3 Å². The highest BCUT2D eigenvalue weighted by molar-refractivity contribution is 7.47. The zero-order chi connectivity index (χ0) is 64.3. The van der Waals surface area contributed by atoms with Gasteiger partial charge in [0.15, 0.2) is 12.2 Å². The van der Waals surface area contributed by atoms with Gasteiger partial charge in [0.25, 0.3) is 0 Å². The predicted octanol–water partition coefficient (Wildman–Crippen LogP) is 19.2. The van der Waals surface area contributed by atoms with Gasteiger partial charge in [-0.15, -0.1) is 0 Å². The van der Waals surface area contributed by atoms with Gasteiger partial charge in [0.2, 0.25) is 0 Å². The number of rotatable bonds is 67. The second kappa shape index (κ2) is 60.3. The maximum absolute atomic E-state index is 13.0. The smallest absolute Gasteiger partial charge is 0.462 e. The summed E-state index contributed by atoms with van der Waals surface area (Å²) >= 11 is 0. The monoisotopic (exact) mass is 1280 g/mol. The highest BCUT2D eigenvalue weighted by Gasteiger charge is 2.30. The number of aliphatic hydroxyl groups is 1. The number of esters is 4. The molecule has 0 spiro atoms. The first-order valence-electron chi connectivity index (χ1n) is 35.5. The van der Waals surface area contributed by atoms with Crippen molar-refractivity contribution in [3.63, 3.8) is 0 Å². The molecule has 0 amide bonds. The molecule has 17 nitrogen and oxygen atoms in total. The van der Waals surface area contributed by atoms with Crippen LogP contribution in [0, 0.1) is 11.8 Å². The normalized spacial score (nSPS) is 14.2. The molecule has 87 heavy (non-hydrogen) atoms. The van der Waals surface area contributed by atoms with Crippen molar-refractivity contribution >= 4 is 39.5 Å². The first kappa shape index (κ1) is 85.1. The Morgan fingerprint density at radius 1 is 0.310 bits per heavy atom. The Morgan fingerprint density at radius 2 is 0.529 bits per heavy atom. The van der Waals surface area contributed by atoms with Crippen molar-refractivity contribution in [1.29, 1.82) is 0 Å². The molecule has 2 unspecified atom stereocenters. The molecule has 19 heteroatoms. The van der Waals surface area contributed by atoms with Gasteiger partial charge in [-0.25, -0.2) is 9.13 Å². The largest absolute Gasteiger partial charge is 0.472 e. The van der Waals surface area contributed by atoms with Gasteiger partial charge in [-0.2, -0.15) is 0 Å². The molecule has 5 atom stereocenters. The number of hydrogen-bond donors (Lipinski definition) is 3. The molecule has 516 valence electrons. The van der Waals surface area contributed by atoms with Gasteiger partial charge in [0.05, 0.1) is 26.4 Å². The van der Waals surface area contributed by atoms with Crippen molar-refractivity contribution in [1.82, 2.24) is 0 Å². The molecule has 0 rings (SSSR count). The fourth-order valence-corrected chi connectivity index (χ4v) is 11.8. The van der Waals surface area contributed by atoms with E-state index in [9.17, 15) is 43.2 Å². The van der Waals surface area contributed by atoms with Gasteiger partial charge >= 0.3 is 39.5 Å². The average molecular weight is 1280 g/mol. The second-order valence-electron chi connectivity index (χ2n) is 25.5. The van der Waals surface area contributed by atoms with Gasteiger partial charge in [-0.05, 0) is 37.5 Å². The van der Waals surface area contributed by atoms with E-state index in [-0.39, 0.29) is 25.7 Å². The number of hydrogen-bond acceptors (Lipinski definition) is 15. The number of carbonyl (C=O) groups is 4. The lowest BCUT2D eigenvalue weighted by Gasteiger charge is -2.21. The van der Waals surface area contributed by atoms with Crippen molar-refractivity contribution in [2.45, 2.75) is 362 Å². The number of phosphoric ester groups is 2. The molecular formula is C68H132O17P2. The minimum atomic E-state index is -4.95. The first-order chi connectivity index (χ1) is 41.9. The maximum atomic E-state index is 13.0. The van der Waals surface area contributed by atoms with E-state index >= 15 is 0 Å². The highest BCUT2D eigenvalue weighted by Crippen LogP contribution is 2.45. The lowest BCUT2D eigenvalue weighted by Crippen LogP contribution is -2.30. The number of unbranched alkanes of at least 4 members (excludes halogenated alkanes) is 37. The number of ether oxygens (including phenoxy) is 4. The van der Waals surface area contributed by atoms with Crippen LogP contribution in [0.1, 0.15) is 343 Å². The Hall–Kier alpha value is -1.94. The lowest BCUT2D eigenvalue weighted by molar-refractivity contribution is -0.161. The van der Waals surface area contributed by atoms with Crippen LogP contribution in [0.25, 0.3) is 0 Å². The molecule has 0 saturated heterocycles. The molecule has 0 aromatic rings. The van der Waals surface area contributed by atoms with E-state index in [1.54, 1.807) is 0 Å². The van der Waals surface area contributed by atoms with Crippen LogP contribution in [-0.4, -0.2) is 96.7 Å². The zero-order valence-corrected chi connectivity index (χ0v) is 58.1. The molecular weight excluding hydrogens is 1150 g/mol. The fourth-order valence-electron chi connectivity index (χ4n) is 10.2. The maximum Gasteiger partial charge on any atom is 0.472 e. The third kappa shape index (κ3) is 62.6. The summed E-state index contributed by atoms with van der Waals surface area (Å²) < 4.78 is 68.1. The van der Waals surface area contributed by atoms with Crippen molar-refractivity contribution in [2.75, 3.05) is 39.6 Å². The van der Waals surface area contributed by atoms with Crippen molar-refractivity contribution in [3.05, 3.63) is 0 Å². The summed E-state index contributed by atoms with van der Waals surface area (Å²) in [5.74, 6) is -0.647. The van der Waals surface area contributed by atoms with Crippen molar-refractivity contribution in [2.24, 2.45) is 11.8 Å². The molecule has 0 bridgehead atoms. The van der Waals surface area contributed by atoms with E-state index < -0.39 is 97.5 Å². The fraction of sp³-hybridized carbons (Fsp3) is 0.941. The summed E-state index contributed by atoms with van der Waals surface area (Å²) in [6.07, 6.45) is 44.5. The third-order valence-electron chi connectivity index (χ3n) is 15.7. The standard InChI is InChI=1S/C68H132O17P2/c1-7-9-11-13-15-17-18-23-27-33-39-45-51-66(71)79-56-63(84-67(72)52-46-40-34-28-24-21-19-20-22-26-30-36-42-48-60(3)4)58-82-86(74,75)80-54-62(69)55-81-87(76,77)83-59-64(57-78-65(70)50-44-38-32-25-16-14-12-10-8-2)85-68(73)53-47-41-35-29-31-37-43-49-61(5)6/h60-64,69H,7-59H2,1-6H3,(H,74,75)(H,76,77)/t62-,63-,64-/m1/s1. The van der Waals surface area contributed by atoms with E-state index in [1.165, 1.54) is 161 Å². The van der Waals surface area contributed by atoms with E-state index in [2.05, 4.69) is 41.5 Å². The van der Waals surface area contributed by atoms with Crippen LogP contribution in [0.5, 0.6) is 0 Å². The van der Waals surface area contributed by atoms with Crippen molar-refractivity contribution in [3.8, 4) is 0 Å². The molecule has 0 heterocycles. The molecule has 0 radical (unpaired) electrons. The van der Waals surface area contributed by atoms with E-state index in [4.69, 9.17) is 37.0 Å². The summed E-state index contributed by atoms with van der Waals surface area (Å²) in [4.78, 5) is 72.4.